The molecule has 0 amide bonds. The molecule has 0 atom stereocenters. The molecule has 4 heteroatoms. The maximum absolute atomic E-state index is 4.44. The van der Waals surface area contributed by atoms with E-state index in [4.69, 9.17) is 0 Å². The first-order chi connectivity index (χ1) is 13.2. The van der Waals surface area contributed by atoms with Crippen LogP contribution in [0.3, 0.4) is 0 Å². The number of nitrogens with zero attached hydrogens (tertiary/aromatic N) is 3. The summed E-state index contributed by atoms with van der Waals surface area (Å²) in [6.07, 6.45) is 6.03. The Morgan fingerprint density at radius 1 is 1.04 bits per heavy atom. The van der Waals surface area contributed by atoms with Gasteiger partial charge in [-0.1, -0.05) is 54.6 Å². The van der Waals surface area contributed by atoms with Crippen molar-refractivity contribution in [2.45, 2.75) is 31.5 Å². The third-order valence-electron chi connectivity index (χ3n) is 5.89. The molecule has 0 saturated carbocycles. The van der Waals surface area contributed by atoms with E-state index in [-0.39, 0.29) is 5.54 Å². The first kappa shape index (κ1) is 18.0. The average Bonchev–Trinajstić information content (AvgIpc) is 3.26. The van der Waals surface area contributed by atoms with Crippen LogP contribution in [0.15, 0.2) is 67.0 Å². The number of benzene rings is 2. The molecule has 1 heterocycles. The Morgan fingerprint density at radius 3 is 2.33 bits per heavy atom. The number of imidazole rings is 1. The van der Waals surface area contributed by atoms with E-state index in [0.717, 1.165) is 38.3 Å². The van der Waals surface area contributed by atoms with Crippen molar-refractivity contribution in [3.63, 3.8) is 0 Å². The van der Waals surface area contributed by atoms with Crippen LogP contribution in [-0.4, -0.2) is 33.6 Å². The van der Waals surface area contributed by atoms with Crippen LogP contribution in [-0.2, 0) is 33.0 Å². The fourth-order valence-electron chi connectivity index (χ4n) is 4.20. The van der Waals surface area contributed by atoms with E-state index in [1.807, 2.05) is 19.4 Å². The van der Waals surface area contributed by atoms with Gasteiger partial charge in [0.25, 0.3) is 0 Å². The molecule has 0 spiro atoms. The normalized spacial score (nSPS) is 15.2. The van der Waals surface area contributed by atoms with Gasteiger partial charge in [0.05, 0.1) is 6.54 Å². The standard InChI is InChI=1S/C23H28N4/c1-26-13-12-25-22(26)16-24-18-23(14-20-10-6-7-11-21(20)15-23)27(2)17-19-8-4-3-5-9-19/h3-13,24H,14-18H2,1-2H3. The van der Waals surface area contributed by atoms with Crippen LogP contribution in [0.4, 0.5) is 0 Å². The monoisotopic (exact) mass is 360 g/mol. The van der Waals surface area contributed by atoms with Crippen LogP contribution >= 0.6 is 0 Å². The Balaban J connectivity index is 1.51. The van der Waals surface area contributed by atoms with Crippen LogP contribution in [0, 0.1) is 0 Å². The van der Waals surface area contributed by atoms with E-state index in [0.29, 0.717) is 0 Å². The lowest BCUT2D eigenvalue weighted by Crippen LogP contribution is -2.53. The number of rotatable bonds is 7. The van der Waals surface area contributed by atoms with Crippen molar-refractivity contribution in [3.05, 3.63) is 89.5 Å². The van der Waals surface area contributed by atoms with Gasteiger partial charge in [-0.15, -0.1) is 0 Å². The zero-order chi connectivity index (χ0) is 18.7. The lowest BCUT2D eigenvalue weighted by Gasteiger charge is -2.39. The van der Waals surface area contributed by atoms with Gasteiger partial charge in [-0.3, -0.25) is 4.90 Å². The highest BCUT2D eigenvalue weighted by atomic mass is 15.2. The molecule has 1 aliphatic carbocycles. The van der Waals surface area contributed by atoms with Crippen LogP contribution in [0.5, 0.6) is 0 Å². The topological polar surface area (TPSA) is 33.1 Å². The van der Waals surface area contributed by atoms with Crippen LogP contribution < -0.4 is 5.32 Å². The minimum atomic E-state index is 0.0880. The molecular formula is C23H28N4. The maximum atomic E-state index is 4.44. The highest BCUT2D eigenvalue weighted by molar-refractivity contribution is 5.37. The fourth-order valence-corrected chi connectivity index (χ4v) is 4.20. The van der Waals surface area contributed by atoms with Crippen molar-refractivity contribution >= 4 is 0 Å². The Hall–Kier alpha value is -2.43. The summed E-state index contributed by atoms with van der Waals surface area (Å²) in [6, 6.07) is 19.6. The van der Waals surface area contributed by atoms with Crippen molar-refractivity contribution in [2.24, 2.45) is 7.05 Å². The third-order valence-corrected chi connectivity index (χ3v) is 5.89. The molecule has 0 fully saturated rings. The van der Waals surface area contributed by atoms with Gasteiger partial charge in [-0.25, -0.2) is 4.98 Å². The van der Waals surface area contributed by atoms with Gasteiger partial charge < -0.3 is 9.88 Å². The number of likely N-dealkylation sites (N-methyl/N-ethyl adjacent to an activating group) is 1. The molecule has 4 nitrogen and oxygen atoms in total. The van der Waals surface area contributed by atoms with Gasteiger partial charge >= 0.3 is 0 Å². The molecule has 140 valence electrons. The lowest BCUT2D eigenvalue weighted by atomic mass is 9.92. The molecule has 3 aromatic rings. The lowest BCUT2D eigenvalue weighted by molar-refractivity contribution is 0.116. The molecule has 0 radical (unpaired) electrons. The van der Waals surface area contributed by atoms with Gasteiger partial charge in [0, 0.05) is 38.1 Å². The van der Waals surface area contributed by atoms with E-state index in [2.05, 4.69) is 81.4 Å². The molecule has 1 aromatic heterocycles. The Bertz CT molecular complexity index is 859. The van der Waals surface area contributed by atoms with E-state index in [1.165, 1.54) is 16.7 Å². The van der Waals surface area contributed by atoms with Crippen molar-refractivity contribution in [1.82, 2.24) is 19.8 Å². The molecule has 1 aliphatic rings. The number of fused-ring (bicyclic) bond motifs is 1. The van der Waals surface area contributed by atoms with Crippen LogP contribution in [0.25, 0.3) is 0 Å². The summed E-state index contributed by atoms with van der Waals surface area (Å²) in [4.78, 5) is 6.98. The summed E-state index contributed by atoms with van der Waals surface area (Å²) in [6.45, 7) is 2.69. The van der Waals surface area contributed by atoms with E-state index < -0.39 is 0 Å². The number of hydrogen-bond donors (Lipinski definition) is 1. The van der Waals surface area contributed by atoms with E-state index >= 15 is 0 Å². The van der Waals surface area contributed by atoms with Gasteiger partial charge in [-0.05, 0) is 36.6 Å². The number of nitrogens with one attached hydrogen (secondary N) is 1. The largest absolute Gasteiger partial charge is 0.337 e. The van der Waals surface area contributed by atoms with Gasteiger partial charge in [0.15, 0.2) is 0 Å². The minimum absolute atomic E-state index is 0.0880. The second-order valence-electron chi connectivity index (χ2n) is 7.75. The van der Waals surface area contributed by atoms with Crippen molar-refractivity contribution < 1.29 is 0 Å². The van der Waals surface area contributed by atoms with Gasteiger partial charge in [0.1, 0.15) is 5.82 Å². The summed E-state index contributed by atoms with van der Waals surface area (Å²) in [5, 5.41) is 3.69. The predicted molar refractivity (Wildman–Crippen MR) is 109 cm³/mol. The zero-order valence-electron chi connectivity index (χ0n) is 16.2. The SMILES string of the molecule is CN(Cc1ccccc1)C1(CNCc2nccn2C)Cc2ccccc2C1. The molecule has 27 heavy (non-hydrogen) atoms. The van der Waals surface area contributed by atoms with Gasteiger partial charge in [0.2, 0.25) is 0 Å². The van der Waals surface area contributed by atoms with Crippen LogP contribution in [0.1, 0.15) is 22.5 Å². The van der Waals surface area contributed by atoms with Crippen molar-refractivity contribution in [2.75, 3.05) is 13.6 Å². The summed E-state index contributed by atoms with van der Waals surface area (Å²) < 4.78 is 2.08. The predicted octanol–water partition coefficient (Wildman–Crippen LogP) is 3.18. The van der Waals surface area contributed by atoms with E-state index in [9.17, 15) is 0 Å². The fraction of sp³-hybridized carbons (Fsp3) is 0.348. The zero-order valence-corrected chi connectivity index (χ0v) is 16.2. The molecule has 0 saturated heterocycles. The van der Waals surface area contributed by atoms with Crippen molar-refractivity contribution in [1.29, 1.82) is 0 Å². The first-order valence-corrected chi connectivity index (χ1v) is 9.65. The molecule has 2 aromatic carbocycles. The maximum Gasteiger partial charge on any atom is 0.122 e. The van der Waals surface area contributed by atoms with Gasteiger partial charge in [-0.2, -0.15) is 0 Å². The molecule has 0 unspecified atom stereocenters. The van der Waals surface area contributed by atoms with E-state index in [1.54, 1.807) is 0 Å². The minimum Gasteiger partial charge on any atom is -0.337 e. The summed E-state index contributed by atoms with van der Waals surface area (Å²) in [5.41, 5.74) is 4.41. The quantitative estimate of drug-likeness (QED) is 0.702. The number of aromatic nitrogens is 2. The molecular weight excluding hydrogens is 332 g/mol. The highest BCUT2D eigenvalue weighted by Crippen LogP contribution is 2.34. The second-order valence-corrected chi connectivity index (χ2v) is 7.75. The third kappa shape index (κ3) is 3.82. The number of aryl methyl sites for hydroxylation is 1. The highest BCUT2D eigenvalue weighted by Gasteiger charge is 2.40. The Morgan fingerprint density at radius 2 is 1.70 bits per heavy atom. The first-order valence-electron chi connectivity index (χ1n) is 9.65. The molecule has 4 rings (SSSR count). The summed E-state index contributed by atoms with van der Waals surface area (Å²) in [5.74, 6) is 1.08. The molecule has 0 aliphatic heterocycles. The summed E-state index contributed by atoms with van der Waals surface area (Å²) in [7, 11) is 4.31. The van der Waals surface area contributed by atoms with Crippen LogP contribution in [0.2, 0.25) is 0 Å². The average molecular weight is 361 g/mol. The Labute approximate surface area is 161 Å². The molecule has 0 bridgehead atoms. The second kappa shape index (κ2) is 7.67. The number of hydrogen-bond acceptors (Lipinski definition) is 3. The summed E-state index contributed by atoms with van der Waals surface area (Å²) >= 11 is 0. The molecule has 1 N–H and O–H groups in total. The Kier molecular flexibility index (Phi) is 5.10. The smallest absolute Gasteiger partial charge is 0.122 e. The van der Waals surface area contributed by atoms with Crippen molar-refractivity contribution in [3.8, 4) is 0 Å².